The number of fused-ring (bicyclic) bond motifs is 1. The number of hydrogen-bond donors (Lipinski definition) is 1. The van der Waals surface area contributed by atoms with Crippen molar-refractivity contribution in [2.45, 2.75) is 57.2 Å². The summed E-state index contributed by atoms with van der Waals surface area (Å²) >= 11 is 0. The zero-order valence-electron chi connectivity index (χ0n) is 15.7. The second kappa shape index (κ2) is 6.95. The summed E-state index contributed by atoms with van der Waals surface area (Å²) < 4.78 is 9.99. The van der Waals surface area contributed by atoms with E-state index in [0.29, 0.717) is 17.0 Å². The van der Waals surface area contributed by atoms with Gasteiger partial charge in [-0.15, -0.1) is 0 Å². The van der Waals surface area contributed by atoms with Crippen LogP contribution in [-0.4, -0.2) is 25.9 Å². The predicted molar refractivity (Wildman–Crippen MR) is 105 cm³/mol. The molecule has 1 aliphatic heterocycles. The Hall–Kier alpha value is -2.85. The Balaban J connectivity index is 1.74. The smallest absolute Gasteiger partial charge is 0.258 e. The molecule has 1 unspecified atom stereocenters. The third-order valence-electron chi connectivity index (χ3n) is 6.08. The maximum absolute atomic E-state index is 12.8. The van der Waals surface area contributed by atoms with Gasteiger partial charge in [-0.2, -0.15) is 10.4 Å². The molecule has 28 heavy (non-hydrogen) atoms. The first-order valence-electron chi connectivity index (χ1n) is 10.1. The van der Waals surface area contributed by atoms with Crippen LogP contribution in [0.1, 0.15) is 62.8 Å². The summed E-state index contributed by atoms with van der Waals surface area (Å²) in [6.07, 6.45) is 12.8. The first kappa shape index (κ1) is 17.3. The Morgan fingerprint density at radius 1 is 1.21 bits per heavy atom. The minimum absolute atomic E-state index is 0.109. The quantitative estimate of drug-likeness (QED) is 0.750. The monoisotopic (exact) mass is 377 g/mol. The van der Waals surface area contributed by atoms with Crippen LogP contribution in [0.5, 0.6) is 0 Å². The average Bonchev–Trinajstić information content (AvgIpc) is 3.47. The van der Waals surface area contributed by atoms with Crippen LogP contribution in [-0.2, 0) is 4.74 Å². The van der Waals surface area contributed by atoms with Crippen LogP contribution in [0, 0.1) is 11.3 Å². The lowest BCUT2D eigenvalue weighted by Crippen LogP contribution is -2.20. The van der Waals surface area contributed by atoms with Crippen LogP contribution in [0.2, 0.25) is 0 Å². The van der Waals surface area contributed by atoms with Gasteiger partial charge in [-0.3, -0.25) is 4.79 Å². The molecule has 3 aromatic rings. The number of aromatic nitrogens is 4. The van der Waals surface area contributed by atoms with Crippen molar-refractivity contribution in [1.82, 2.24) is 19.3 Å². The Labute approximate surface area is 162 Å². The van der Waals surface area contributed by atoms with E-state index in [-0.39, 0.29) is 11.8 Å². The highest BCUT2D eigenvalue weighted by atomic mass is 16.5. The van der Waals surface area contributed by atoms with Gasteiger partial charge >= 0.3 is 0 Å². The van der Waals surface area contributed by atoms with E-state index in [0.717, 1.165) is 55.5 Å². The predicted octanol–water partition coefficient (Wildman–Crippen LogP) is 3.88. The van der Waals surface area contributed by atoms with Gasteiger partial charge in [0.2, 0.25) is 0 Å². The maximum Gasteiger partial charge on any atom is 0.258 e. The highest BCUT2D eigenvalue weighted by Gasteiger charge is 2.27. The molecule has 1 saturated heterocycles. The Kier molecular flexibility index (Phi) is 4.29. The lowest BCUT2D eigenvalue weighted by molar-refractivity contribution is -0.0383. The van der Waals surface area contributed by atoms with Crippen molar-refractivity contribution in [3.8, 4) is 17.3 Å². The number of hydrogen-bond acceptors (Lipinski definition) is 4. The first-order valence-corrected chi connectivity index (χ1v) is 10.1. The lowest BCUT2D eigenvalue weighted by atomic mass is 10.1. The Morgan fingerprint density at radius 3 is 2.79 bits per heavy atom. The number of nitriles is 1. The molecule has 1 atom stereocenters. The molecule has 1 aliphatic carbocycles. The van der Waals surface area contributed by atoms with Crippen molar-refractivity contribution in [3.63, 3.8) is 0 Å². The van der Waals surface area contributed by atoms with Gasteiger partial charge in [-0.25, -0.2) is 4.68 Å². The molecule has 4 heterocycles. The van der Waals surface area contributed by atoms with Crippen molar-refractivity contribution >= 4 is 10.9 Å². The van der Waals surface area contributed by atoms with E-state index < -0.39 is 0 Å². The summed E-state index contributed by atoms with van der Waals surface area (Å²) in [7, 11) is 0. The molecular weight excluding hydrogens is 354 g/mol. The van der Waals surface area contributed by atoms with E-state index >= 15 is 0 Å². The maximum atomic E-state index is 12.8. The third-order valence-corrected chi connectivity index (χ3v) is 6.08. The van der Waals surface area contributed by atoms with E-state index in [2.05, 4.69) is 20.7 Å². The van der Waals surface area contributed by atoms with E-state index in [4.69, 9.17) is 4.74 Å². The number of ether oxygens (including phenoxy) is 1. The fourth-order valence-electron chi connectivity index (χ4n) is 4.73. The van der Waals surface area contributed by atoms with Crippen molar-refractivity contribution in [2.24, 2.45) is 0 Å². The molecular formula is C21H23N5O2. The Morgan fingerprint density at radius 2 is 2.04 bits per heavy atom. The van der Waals surface area contributed by atoms with Crippen LogP contribution in [0.3, 0.4) is 0 Å². The average molecular weight is 377 g/mol. The minimum atomic E-state index is -0.168. The minimum Gasteiger partial charge on any atom is -0.356 e. The van der Waals surface area contributed by atoms with Crippen LogP contribution in [0.25, 0.3) is 22.2 Å². The lowest BCUT2D eigenvalue weighted by Gasteiger charge is -2.24. The zero-order chi connectivity index (χ0) is 19.1. The number of nitrogens with one attached hydrogen (secondary N) is 1. The van der Waals surface area contributed by atoms with E-state index in [1.54, 1.807) is 6.20 Å². The van der Waals surface area contributed by atoms with Crippen LogP contribution in [0.15, 0.2) is 29.5 Å². The molecule has 7 heteroatoms. The SMILES string of the molecule is N#Cc1c[nH]c(=O)c2c(-c3ccnn3C3CCCCO3)cn(C3CCCC3)c12. The van der Waals surface area contributed by atoms with Gasteiger partial charge in [0.05, 0.1) is 22.2 Å². The highest BCUT2D eigenvalue weighted by Crippen LogP contribution is 2.38. The Bertz CT molecular complexity index is 1100. The number of pyridine rings is 1. The van der Waals surface area contributed by atoms with Gasteiger partial charge in [-0.1, -0.05) is 12.8 Å². The fraction of sp³-hybridized carbons (Fsp3) is 0.476. The summed E-state index contributed by atoms with van der Waals surface area (Å²) in [5.41, 5.74) is 2.78. The molecule has 0 spiro atoms. The molecule has 0 radical (unpaired) electrons. The molecule has 5 rings (SSSR count). The summed E-state index contributed by atoms with van der Waals surface area (Å²) in [5.74, 6) is 0. The molecule has 7 nitrogen and oxygen atoms in total. The molecule has 0 amide bonds. The van der Waals surface area contributed by atoms with Gasteiger partial charge in [0, 0.05) is 36.8 Å². The second-order valence-electron chi connectivity index (χ2n) is 7.74. The van der Waals surface area contributed by atoms with Crippen LogP contribution < -0.4 is 5.56 Å². The topological polar surface area (TPSA) is 88.6 Å². The summed E-state index contributed by atoms with van der Waals surface area (Å²) in [4.78, 5) is 15.6. The van der Waals surface area contributed by atoms with Gasteiger partial charge in [0.15, 0.2) is 6.23 Å². The molecule has 1 saturated carbocycles. The summed E-state index contributed by atoms with van der Waals surface area (Å²) in [5, 5.41) is 14.7. The van der Waals surface area contributed by atoms with Crippen molar-refractivity contribution in [2.75, 3.05) is 6.61 Å². The molecule has 0 aromatic carbocycles. The van der Waals surface area contributed by atoms with Crippen molar-refractivity contribution < 1.29 is 4.74 Å². The molecule has 2 fully saturated rings. The molecule has 1 N–H and O–H groups in total. The number of nitrogens with zero attached hydrogens (tertiary/aromatic N) is 4. The highest BCUT2D eigenvalue weighted by molar-refractivity contribution is 5.97. The molecule has 3 aromatic heterocycles. The normalized spacial score (nSPS) is 20.6. The van der Waals surface area contributed by atoms with Gasteiger partial charge in [-0.05, 0) is 38.2 Å². The van der Waals surface area contributed by atoms with Crippen LogP contribution in [0.4, 0.5) is 0 Å². The summed E-state index contributed by atoms with van der Waals surface area (Å²) in [6, 6.07) is 4.52. The van der Waals surface area contributed by atoms with Crippen molar-refractivity contribution in [1.29, 1.82) is 5.26 Å². The second-order valence-corrected chi connectivity index (χ2v) is 7.74. The van der Waals surface area contributed by atoms with Gasteiger partial charge in [0.1, 0.15) is 6.07 Å². The van der Waals surface area contributed by atoms with Gasteiger partial charge < -0.3 is 14.3 Å². The van der Waals surface area contributed by atoms with Crippen molar-refractivity contribution in [3.05, 3.63) is 40.6 Å². The largest absolute Gasteiger partial charge is 0.356 e. The zero-order valence-corrected chi connectivity index (χ0v) is 15.7. The number of rotatable bonds is 3. The third kappa shape index (κ3) is 2.68. The summed E-state index contributed by atoms with van der Waals surface area (Å²) in [6.45, 7) is 0.729. The van der Waals surface area contributed by atoms with Gasteiger partial charge in [0.25, 0.3) is 5.56 Å². The van der Waals surface area contributed by atoms with E-state index in [1.807, 2.05) is 16.9 Å². The first-order chi connectivity index (χ1) is 13.8. The molecule has 2 aliphatic rings. The molecule has 144 valence electrons. The standard InChI is InChI=1S/C21H23N5O2/c22-11-14-12-23-21(27)19-16(13-25(20(14)19)15-5-1-2-6-15)17-8-9-24-26(17)18-7-3-4-10-28-18/h8-9,12-13,15,18H,1-7,10H2,(H,23,27). The van der Waals surface area contributed by atoms with E-state index in [1.165, 1.54) is 19.0 Å². The number of H-pyrrole nitrogens is 1. The van der Waals surface area contributed by atoms with Crippen LogP contribution >= 0.6 is 0 Å². The molecule has 0 bridgehead atoms. The number of aromatic amines is 1. The fourth-order valence-corrected chi connectivity index (χ4v) is 4.73. The van der Waals surface area contributed by atoms with E-state index in [9.17, 15) is 10.1 Å².